The number of hydrogen-bond donors (Lipinski definition) is 2. The fourth-order valence-electron chi connectivity index (χ4n) is 1.33. The van der Waals surface area contributed by atoms with Gasteiger partial charge in [0, 0.05) is 12.5 Å². The number of carbonyl (C=O) groups is 1. The highest BCUT2D eigenvalue weighted by Gasteiger charge is 1.99. The lowest BCUT2D eigenvalue weighted by molar-refractivity contribution is -0.137. The number of hydrogen-bond acceptors (Lipinski definition) is 4. The quantitative estimate of drug-likeness (QED) is 0.456. The molecule has 0 atom stereocenters. The molecule has 0 aliphatic heterocycles. The summed E-state index contributed by atoms with van der Waals surface area (Å²) in [7, 11) is 0. The molecule has 0 heterocycles. The second kappa shape index (κ2) is 6.83. The summed E-state index contributed by atoms with van der Waals surface area (Å²) in [6.45, 7) is 2.11. The van der Waals surface area contributed by atoms with Crippen molar-refractivity contribution in [3.05, 3.63) is 41.5 Å². The van der Waals surface area contributed by atoms with Crippen LogP contribution < -0.4 is 0 Å². The molecule has 92 valence electrons. The molecular weight excluding hydrogens is 220 g/mol. The number of aliphatic hydroxyl groups is 2. The summed E-state index contributed by atoms with van der Waals surface area (Å²) in [4.78, 5) is 11.1. The Labute approximate surface area is 100 Å². The van der Waals surface area contributed by atoms with Crippen molar-refractivity contribution in [3.8, 4) is 0 Å². The van der Waals surface area contributed by atoms with Gasteiger partial charge in [-0.3, -0.25) is 0 Å². The minimum atomic E-state index is -1.34. The van der Waals surface area contributed by atoms with Crippen molar-refractivity contribution in [2.45, 2.75) is 19.6 Å². The Balaban J connectivity index is 2.59. The van der Waals surface area contributed by atoms with Crippen LogP contribution in [-0.4, -0.2) is 29.1 Å². The summed E-state index contributed by atoms with van der Waals surface area (Å²) in [6, 6.07) is 7.16. The van der Waals surface area contributed by atoms with E-state index < -0.39 is 6.29 Å². The molecule has 0 saturated carbocycles. The third-order valence-corrected chi connectivity index (χ3v) is 2.10. The standard InChI is InChI=1S/C13H16O4/c1-2-17-13(16)8-7-10-3-5-11(6-4-10)9-12(14)15/h3-8,12,14-15H,2,9H2,1H3/b8-7+. The zero-order chi connectivity index (χ0) is 12.7. The zero-order valence-electron chi connectivity index (χ0n) is 9.67. The number of ether oxygens (including phenoxy) is 1. The molecule has 0 unspecified atom stereocenters. The van der Waals surface area contributed by atoms with Crippen molar-refractivity contribution in [1.82, 2.24) is 0 Å². The molecule has 0 radical (unpaired) electrons. The summed E-state index contributed by atoms with van der Waals surface area (Å²) in [5, 5.41) is 17.6. The molecule has 2 N–H and O–H groups in total. The average Bonchev–Trinajstić information content (AvgIpc) is 2.28. The first-order chi connectivity index (χ1) is 8.11. The lowest BCUT2D eigenvalue weighted by Gasteiger charge is -2.03. The van der Waals surface area contributed by atoms with Crippen LogP contribution in [0.5, 0.6) is 0 Å². The van der Waals surface area contributed by atoms with Crippen LogP contribution in [0.2, 0.25) is 0 Å². The number of esters is 1. The molecule has 0 aliphatic rings. The van der Waals surface area contributed by atoms with E-state index in [2.05, 4.69) is 0 Å². The van der Waals surface area contributed by atoms with Gasteiger partial charge in [0.05, 0.1) is 6.61 Å². The molecule has 0 fully saturated rings. The molecule has 0 aromatic heterocycles. The first-order valence-electron chi connectivity index (χ1n) is 5.41. The second-order valence-corrected chi connectivity index (χ2v) is 3.51. The van der Waals surface area contributed by atoms with Crippen LogP contribution in [0.3, 0.4) is 0 Å². The van der Waals surface area contributed by atoms with Crippen LogP contribution in [0.25, 0.3) is 6.08 Å². The molecule has 1 aromatic rings. The first-order valence-corrected chi connectivity index (χ1v) is 5.41. The summed E-state index contributed by atoms with van der Waals surface area (Å²) in [5.41, 5.74) is 1.68. The third-order valence-electron chi connectivity index (χ3n) is 2.10. The molecule has 0 bridgehead atoms. The maximum Gasteiger partial charge on any atom is 0.330 e. The van der Waals surface area contributed by atoms with Gasteiger partial charge in [-0.2, -0.15) is 0 Å². The van der Waals surface area contributed by atoms with E-state index in [0.29, 0.717) is 6.61 Å². The molecule has 0 aliphatic carbocycles. The number of aliphatic hydroxyl groups excluding tert-OH is 1. The lowest BCUT2D eigenvalue weighted by atomic mass is 10.1. The fourth-order valence-corrected chi connectivity index (χ4v) is 1.33. The summed E-state index contributed by atoms with van der Waals surface area (Å²) >= 11 is 0. The lowest BCUT2D eigenvalue weighted by Crippen LogP contribution is -2.07. The van der Waals surface area contributed by atoms with Crippen molar-refractivity contribution in [2.75, 3.05) is 6.61 Å². The van der Waals surface area contributed by atoms with Gasteiger partial charge >= 0.3 is 5.97 Å². The fraction of sp³-hybridized carbons (Fsp3) is 0.308. The normalized spacial score (nSPS) is 11.1. The van der Waals surface area contributed by atoms with Gasteiger partial charge in [-0.25, -0.2) is 4.79 Å². The van der Waals surface area contributed by atoms with Crippen LogP contribution >= 0.6 is 0 Å². The monoisotopic (exact) mass is 236 g/mol. The minimum absolute atomic E-state index is 0.196. The summed E-state index contributed by atoms with van der Waals surface area (Å²) < 4.78 is 4.75. The van der Waals surface area contributed by atoms with E-state index in [1.54, 1.807) is 37.3 Å². The maximum absolute atomic E-state index is 11.1. The van der Waals surface area contributed by atoms with Gasteiger partial charge in [0.25, 0.3) is 0 Å². The van der Waals surface area contributed by atoms with Crippen molar-refractivity contribution in [3.63, 3.8) is 0 Å². The van der Waals surface area contributed by atoms with Crippen molar-refractivity contribution >= 4 is 12.0 Å². The van der Waals surface area contributed by atoms with Crippen molar-refractivity contribution in [1.29, 1.82) is 0 Å². The molecule has 0 saturated heterocycles. The Morgan fingerprint density at radius 3 is 2.53 bits per heavy atom. The predicted octanol–water partition coefficient (Wildman–Crippen LogP) is 1.12. The number of benzene rings is 1. The van der Waals surface area contributed by atoms with Crippen molar-refractivity contribution in [2.24, 2.45) is 0 Å². The number of rotatable bonds is 5. The Morgan fingerprint density at radius 1 is 1.35 bits per heavy atom. The van der Waals surface area contributed by atoms with Crippen molar-refractivity contribution < 1.29 is 19.7 Å². The third kappa shape index (κ3) is 5.29. The Kier molecular flexibility index (Phi) is 5.39. The van der Waals surface area contributed by atoms with Gasteiger partial charge in [0.2, 0.25) is 0 Å². The van der Waals surface area contributed by atoms with Crippen LogP contribution in [0.4, 0.5) is 0 Å². The van der Waals surface area contributed by atoms with Crippen LogP contribution in [0, 0.1) is 0 Å². The molecule has 1 rings (SSSR count). The minimum Gasteiger partial charge on any atom is -0.463 e. The van der Waals surface area contributed by atoms with Crippen LogP contribution in [0.15, 0.2) is 30.3 Å². The highest BCUT2D eigenvalue weighted by Crippen LogP contribution is 2.08. The van der Waals surface area contributed by atoms with Gasteiger partial charge in [0.15, 0.2) is 6.29 Å². The van der Waals surface area contributed by atoms with Gasteiger partial charge in [-0.15, -0.1) is 0 Å². The molecule has 1 aromatic carbocycles. The molecule has 0 amide bonds. The van der Waals surface area contributed by atoms with Gasteiger partial charge in [0.1, 0.15) is 0 Å². The van der Waals surface area contributed by atoms with Gasteiger partial charge in [-0.1, -0.05) is 24.3 Å². The molecule has 17 heavy (non-hydrogen) atoms. The maximum atomic E-state index is 11.1. The van der Waals surface area contributed by atoms with E-state index in [-0.39, 0.29) is 12.4 Å². The van der Waals surface area contributed by atoms with E-state index in [4.69, 9.17) is 14.9 Å². The number of carbonyl (C=O) groups excluding carboxylic acids is 1. The van der Waals surface area contributed by atoms with Crippen LogP contribution in [-0.2, 0) is 16.0 Å². The second-order valence-electron chi connectivity index (χ2n) is 3.51. The highest BCUT2D eigenvalue weighted by molar-refractivity contribution is 5.86. The van der Waals surface area contributed by atoms with E-state index in [1.807, 2.05) is 0 Å². The highest BCUT2D eigenvalue weighted by atomic mass is 16.5. The van der Waals surface area contributed by atoms with Crippen LogP contribution in [0.1, 0.15) is 18.1 Å². The molecule has 4 heteroatoms. The molecule has 0 spiro atoms. The largest absolute Gasteiger partial charge is 0.463 e. The van der Waals surface area contributed by atoms with E-state index in [0.717, 1.165) is 11.1 Å². The Morgan fingerprint density at radius 2 is 2.00 bits per heavy atom. The Hall–Kier alpha value is -1.65. The predicted molar refractivity (Wildman–Crippen MR) is 64.0 cm³/mol. The summed E-state index contributed by atoms with van der Waals surface area (Å²) in [5.74, 6) is -0.373. The Bertz CT molecular complexity index is 379. The molecule has 4 nitrogen and oxygen atoms in total. The topological polar surface area (TPSA) is 66.8 Å². The van der Waals surface area contributed by atoms with Gasteiger partial charge < -0.3 is 14.9 Å². The van der Waals surface area contributed by atoms with Gasteiger partial charge in [-0.05, 0) is 24.1 Å². The van der Waals surface area contributed by atoms with E-state index in [1.165, 1.54) is 6.08 Å². The van der Waals surface area contributed by atoms with E-state index >= 15 is 0 Å². The summed E-state index contributed by atoms with van der Waals surface area (Å²) in [6.07, 6.45) is 1.87. The smallest absolute Gasteiger partial charge is 0.330 e. The average molecular weight is 236 g/mol. The zero-order valence-corrected chi connectivity index (χ0v) is 9.67. The SMILES string of the molecule is CCOC(=O)/C=C/c1ccc(CC(O)O)cc1. The first kappa shape index (κ1) is 13.4. The van der Waals surface area contributed by atoms with E-state index in [9.17, 15) is 4.79 Å². The molecular formula is C13H16O4.